The van der Waals surface area contributed by atoms with E-state index in [-0.39, 0.29) is 13.2 Å². The van der Waals surface area contributed by atoms with E-state index in [4.69, 9.17) is 11.6 Å². The van der Waals surface area contributed by atoms with Crippen molar-refractivity contribution in [2.45, 2.75) is 14.4 Å². The number of hydrogen-bond donors (Lipinski definition) is 2. The van der Waals surface area contributed by atoms with Gasteiger partial charge in [-0.2, -0.15) is 0 Å². The molecule has 3 aromatic rings. The number of thiophene rings is 1. The molecule has 0 radical (unpaired) electrons. The fourth-order valence-electron chi connectivity index (χ4n) is 1.74. The topological polar surface area (TPSA) is 40.7 Å². The van der Waals surface area contributed by atoms with Gasteiger partial charge in [0.15, 0.2) is 5.82 Å². The first-order chi connectivity index (χ1) is 8.65. The summed E-state index contributed by atoms with van der Waals surface area (Å²) in [5.41, 5.74) is 2.82. The number of para-hydroxylation sites is 1. The van der Waals surface area contributed by atoms with Crippen molar-refractivity contribution in [2.75, 3.05) is 5.32 Å². The van der Waals surface area contributed by atoms with E-state index in [0.717, 1.165) is 11.3 Å². The minimum atomic E-state index is -0.343. The molecule has 0 saturated heterocycles. The molecule has 3 nitrogen and oxygen atoms in total. The third-order valence-electron chi connectivity index (χ3n) is 2.64. The van der Waals surface area contributed by atoms with Crippen LogP contribution in [0.1, 0.15) is 13.0 Å². The number of nitrogens with one attached hydrogen (secondary N) is 2. The number of fused-ring (bicyclic) bond motifs is 1. The molecule has 0 atom stereocenters. The fraction of sp³-hybridized carbons (Fsp3) is 0.154. The molecule has 0 bridgehead atoms. The predicted octanol–water partition coefficient (Wildman–Crippen LogP) is 5.11. The van der Waals surface area contributed by atoms with Gasteiger partial charge in [-0.25, -0.2) is 9.37 Å². The molecule has 0 aliphatic rings. The number of benzene rings is 1. The van der Waals surface area contributed by atoms with E-state index in [1.54, 1.807) is 12.1 Å². The summed E-state index contributed by atoms with van der Waals surface area (Å²) in [6.45, 7) is 1.95. The van der Waals surface area contributed by atoms with Gasteiger partial charge in [0.05, 0.1) is 11.2 Å². The standard InChI is InChI=1S/C12H9ClFN3S.CH4/c1-6-5-18-11(13)9(6)16-12-15-8-4-2-3-7(14)10(8)17-12;/h2-5H,1H3,(H2,15,16,17);1H4. The summed E-state index contributed by atoms with van der Waals surface area (Å²) in [6, 6.07) is 4.80. The lowest BCUT2D eigenvalue weighted by atomic mass is 10.3. The molecule has 2 aromatic heterocycles. The third kappa shape index (κ3) is 2.43. The highest BCUT2D eigenvalue weighted by Crippen LogP contribution is 2.34. The summed E-state index contributed by atoms with van der Waals surface area (Å²) in [7, 11) is 0. The monoisotopic (exact) mass is 297 g/mol. The van der Waals surface area contributed by atoms with Crippen molar-refractivity contribution in [2.24, 2.45) is 0 Å². The molecule has 19 heavy (non-hydrogen) atoms. The molecule has 0 spiro atoms. The van der Waals surface area contributed by atoms with Crippen LogP contribution in [0.5, 0.6) is 0 Å². The van der Waals surface area contributed by atoms with Crippen LogP contribution in [0, 0.1) is 12.7 Å². The average Bonchev–Trinajstić information content (AvgIpc) is 2.89. The molecule has 100 valence electrons. The van der Waals surface area contributed by atoms with Gasteiger partial charge in [-0.15, -0.1) is 11.3 Å². The molecule has 0 unspecified atom stereocenters. The zero-order valence-corrected chi connectivity index (χ0v) is 11.0. The van der Waals surface area contributed by atoms with Crippen molar-refractivity contribution < 1.29 is 4.39 Å². The van der Waals surface area contributed by atoms with Gasteiger partial charge < -0.3 is 10.3 Å². The van der Waals surface area contributed by atoms with E-state index < -0.39 is 0 Å². The SMILES string of the molecule is C.Cc1csc(Cl)c1Nc1nc2c(F)cccc2[nH]1. The first-order valence-corrected chi connectivity index (χ1v) is 6.56. The number of H-pyrrole nitrogens is 1. The van der Waals surface area contributed by atoms with Crippen LogP contribution in [-0.2, 0) is 0 Å². The Labute approximate surface area is 119 Å². The summed E-state index contributed by atoms with van der Waals surface area (Å²) >= 11 is 7.51. The van der Waals surface area contributed by atoms with Crippen molar-refractivity contribution in [3.63, 3.8) is 0 Å². The van der Waals surface area contributed by atoms with Gasteiger partial charge in [0.25, 0.3) is 0 Å². The van der Waals surface area contributed by atoms with Crippen LogP contribution in [0.3, 0.4) is 0 Å². The molecule has 0 aliphatic heterocycles. The first-order valence-electron chi connectivity index (χ1n) is 5.30. The molecular formula is C13H13ClFN3S. The number of aromatic nitrogens is 2. The minimum Gasteiger partial charge on any atom is -0.324 e. The zero-order valence-electron chi connectivity index (χ0n) is 9.42. The number of anilines is 2. The lowest BCUT2D eigenvalue weighted by molar-refractivity contribution is 0.637. The fourth-order valence-corrected chi connectivity index (χ4v) is 2.79. The smallest absolute Gasteiger partial charge is 0.205 e. The van der Waals surface area contributed by atoms with Gasteiger partial charge >= 0.3 is 0 Å². The summed E-state index contributed by atoms with van der Waals surface area (Å²) in [5.74, 6) is 0.142. The number of aryl methyl sites for hydroxylation is 1. The van der Waals surface area contributed by atoms with Gasteiger partial charge in [-0.1, -0.05) is 25.1 Å². The molecule has 1 aromatic carbocycles. The van der Waals surface area contributed by atoms with E-state index in [0.29, 0.717) is 21.3 Å². The largest absolute Gasteiger partial charge is 0.324 e. The van der Waals surface area contributed by atoms with Crippen LogP contribution in [-0.4, -0.2) is 9.97 Å². The molecular weight excluding hydrogens is 285 g/mol. The van der Waals surface area contributed by atoms with Crippen molar-refractivity contribution in [1.29, 1.82) is 0 Å². The van der Waals surface area contributed by atoms with E-state index in [1.807, 2.05) is 12.3 Å². The number of nitrogens with zero attached hydrogens (tertiary/aromatic N) is 1. The molecule has 0 aliphatic carbocycles. The second kappa shape index (κ2) is 5.19. The number of rotatable bonds is 2. The van der Waals surface area contributed by atoms with Gasteiger partial charge in [0, 0.05) is 0 Å². The summed E-state index contributed by atoms with van der Waals surface area (Å²) < 4.78 is 14.2. The Hall–Kier alpha value is -1.59. The molecule has 0 amide bonds. The van der Waals surface area contributed by atoms with E-state index in [2.05, 4.69) is 15.3 Å². The molecule has 2 N–H and O–H groups in total. The Morgan fingerprint density at radius 1 is 1.42 bits per heavy atom. The van der Waals surface area contributed by atoms with Crippen molar-refractivity contribution in [3.05, 3.63) is 39.3 Å². The summed E-state index contributed by atoms with van der Waals surface area (Å²) in [5, 5.41) is 5.03. The molecule has 6 heteroatoms. The quantitative estimate of drug-likeness (QED) is 0.690. The van der Waals surface area contributed by atoms with Crippen LogP contribution in [0.25, 0.3) is 11.0 Å². The highest BCUT2D eigenvalue weighted by atomic mass is 35.5. The average molecular weight is 298 g/mol. The Morgan fingerprint density at radius 3 is 2.84 bits per heavy atom. The second-order valence-electron chi connectivity index (χ2n) is 3.91. The maximum Gasteiger partial charge on any atom is 0.205 e. The van der Waals surface area contributed by atoms with Gasteiger partial charge in [0.1, 0.15) is 9.85 Å². The van der Waals surface area contributed by atoms with Crippen molar-refractivity contribution >= 4 is 45.6 Å². The number of hydrogen-bond acceptors (Lipinski definition) is 3. The van der Waals surface area contributed by atoms with E-state index >= 15 is 0 Å². The number of aromatic amines is 1. The number of imidazole rings is 1. The molecule has 2 heterocycles. The molecule has 3 rings (SSSR count). The van der Waals surface area contributed by atoms with Crippen LogP contribution in [0.4, 0.5) is 16.0 Å². The highest BCUT2D eigenvalue weighted by Gasteiger charge is 2.11. The molecule has 0 saturated carbocycles. The van der Waals surface area contributed by atoms with Gasteiger partial charge in [0.2, 0.25) is 5.95 Å². The first kappa shape index (κ1) is 13.8. The zero-order chi connectivity index (χ0) is 12.7. The van der Waals surface area contributed by atoms with E-state index in [9.17, 15) is 4.39 Å². The lowest BCUT2D eigenvalue weighted by Crippen LogP contribution is -1.92. The predicted molar refractivity (Wildman–Crippen MR) is 80.1 cm³/mol. The third-order valence-corrected chi connectivity index (χ3v) is 3.98. The van der Waals surface area contributed by atoms with Crippen LogP contribution >= 0.6 is 22.9 Å². The van der Waals surface area contributed by atoms with Crippen molar-refractivity contribution in [1.82, 2.24) is 9.97 Å². The normalized spacial score (nSPS) is 10.5. The van der Waals surface area contributed by atoms with Crippen molar-refractivity contribution in [3.8, 4) is 0 Å². The maximum atomic E-state index is 13.5. The number of halogens is 2. The van der Waals surface area contributed by atoms with Crippen LogP contribution in [0.2, 0.25) is 4.34 Å². The summed E-state index contributed by atoms with van der Waals surface area (Å²) in [4.78, 5) is 7.19. The van der Waals surface area contributed by atoms with Crippen LogP contribution < -0.4 is 5.32 Å². The lowest BCUT2D eigenvalue weighted by Gasteiger charge is -2.01. The second-order valence-corrected chi connectivity index (χ2v) is 5.40. The van der Waals surface area contributed by atoms with Crippen LogP contribution in [0.15, 0.2) is 23.6 Å². The Morgan fingerprint density at radius 2 is 2.21 bits per heavy atom. The Bertz CT molecular complexity index is 700. The highest BCUT2D eigenvalue weighted by molar-refractivity contribution is 7.15. The Balaban J connectivity index is 0.00000133. The molecule has 0 fully saturated rings. The summed E-state index contributed by atoms with van der Waals surface area (Å²) in [6.07, 6.45) is 0. The van der Waals surface area contributed by atoms with Gasteiger partial charge in [-0.05, 0) is 30.0 Å². The minimum absolute atomic E-state index is 0. The maximum absolute atomic E-state index is 13.5. The van der Waals surface area contributed by atoms with Gasteiger partial charge in [-0.3, -0.25) is 0 Å². The van der Waals surface area contributed by atoms with E-state index in [1.165, 1.54) is 17.4 Å². The Kier molecular flexibility index (Phi) is 3.78.